The van der Waals surface area contributed by atoms with Gasteiger partial charge in [-0.15, -0.1) is 0 Å². The zero-order valence-corrected chi connectivity index (χ0v) is 11.9. The van der Waals surface area contributed by atoms with Crippen LogP contribution in [0.4, 0.5) is 4.39 Å². The van der Waals surface area contributed by atoms with E-state index in [4.69, 9.17) is 10.9 Å². The van der Waals surface area contributed by atoms with Crippen LogP contribution in [0.5, 0.6) is 0 Å². The number of halogens is 1. The number of rotatable bonds is 7. The second-order valence-corrected chi connectivity index (χ2v) is 5.18. The van der Waals surface area contributed by atoms with Gasteiger partial charge in [-0.1, -0.05) is 18.5 Å². The van der Waals surface area contributed by atoms with E-state index in [1.165, 1.54) is 12.1 Å². The van der Waals surface area contributed by atoms with Crippen LogP contribution in [0.15, 0.2) is 23.4 Å². The van der Waals surface area contributed by atoms with Crippen LogP contribution >= 0.6 is 0 Å². The third-order valence-electron chi connectivity index (χ3n) is 2.98. The molecule has 1 atom stereocenters. The van der Waals surface area contributed by atoms with Gasteiger partial charge in [-0.05, 0) is 37.1 Å². The standard InChI is InChI=1S/C14H22FN3O2/c1-3-4-14(2,19)9-17-8-10-5-11(13(16)18-20)7-12(15)6-10/h5-7,17,19-20H,3-4,8-9H2,1-2H3,(H2,16,18). The number of nitrogens with zero attached hydrogens (tertiary/aromatic N) is 1. The summed E-state index contributed by atoms with van der Waals surface area (Å²) in [5.41, 5.74) is 5.65. The largest absolute Gasteiger partial charge is 0.409 e. The minimum absolute atomic E-state index is 0.135. The lowest BCUT2D eigenvalue weighted by Gasteiger charge is -2.23. The Balaban J connectivity index is 2.67. The van der Waals surface area contributed by atoms with Crippen molar-refractivity contribution in [1.29, 1.82) is 0 Å². The summed E-state index contributed by atoms with van der Waals surface area (Å²) in [5, 5.41) is 24.6. The molecule has 0 aromatic heterocycles. The highest BCUT2D eigenvalue weighted by Crippen LogP contribution is 2.12. The van der Waals surface area contributed by atoms with Crippen molar-refractivity contribution in [2.24, 2.45) is 10.9 Å². The summed E-state index contributed by atoms with van der Waals surface area (Å²) in [5.74, 6) is -0.588. The normalized spacial score (nSPS) is 15.1. The Morgan fingerprint density at radius 1 is 1.45 bits per heavy atom. The lowest BCUT2D eigenvalue weighted by Crippen LogP contribution is -2.37. The number of nitrogens with one attached hydrogen (secondary N) is 1. The Hall–Kier alpha value is -1.66. The quantitative estimate of drug-likeness (QED) is 0.264. The molecule has 0 fully saturated rings. The molecule has 1 rings (SSSR count). The minimum Gasteiger partial charge on any atom is -0.409 e. The molecular formula is C14H22FN3O2. The van der Waals surface area contributed by atoms with Gasteiger partial charge in [-0.2, -0.15) is 0 Å². The van der Waals surface area contributed by atoms with Crippen molar-refractivity contribution in [3.05, 3.63) is 35.1 Å². The van der Waals surface area contributed by atoms with Crippen molar-refractivity contribution in [3.63, 3.8) is 0 Å². The number of benzene rings is 1. The number of hydrogen-bond donors (Lipinski definition) is 4. The highest BCUT2D eigenvalue weighted by molar-refractivity contribution is 5.97. The molecular weight excluding hydrogens is 261 g/mol. The SMILES string of the molecule is CCCC(C)(O)CNCc1cc(F)cc(/C(N)=N/O)c1. The van der Waals surface area contributed by atoms with E-state index >= 15 is 0 Å². The van der Waals surface area contributed by atoms with E-state index in [9.17, 15) is 9.50 Å². The fourth-order valence-electron chi connectivity index (χ4n) is 2.06. The van der Waals surface area contributed by atoms with Crippen LogP contribution in [0.2, 0.25) is 0 Å². The Bertz CT molecular complexity index is 475. The topological polar surface area (TPSA) is 90.9 Å². The van der Waals surface area contributed by atoms with E-state index < -0.39 is 11.4 Å². The molecule has 112 valence electrons. The maximum Gasteiger partial charge on any atom is 0.170 e. The minimum atomic E-state index is -0.781. The molecule has 0 spiro atoms. The van der Waals surface area contributed by atoms with Gasteiger partial charge in [-0.3, -0.25) is 0 Å². The lowest BCUT2D eigenvalue weighted by molar-refractivity contribution is 0.0498. The summed E-state index contributed by atoms with van der Waals surface area (Å²) in [6.07, 6.45) is 1.58. The highest BCUT2D eigenvalue weighted by Gasteiger charge is 2.18. The molecule has 0 saturated heterocycles. The van der Waals surface area contributed by atoms with Crippen molar-refractivity contribution in [2.75, 3.05) is 6.54 Å². The third-order valence-corrected chi connectivity index (χ3v) is 2.98. The number of hydrogen-bond acceptors (Lipinski definition) is 4. The first-order valence-electron chi connectivity index (χ1n) is 6.58. The van der Waals surface area contributed by atoms with Crippen molar-refractivity contribution >= 4 is 5.84 Å². The maximum absolute atomic E-state index is 13.4. The molecule has 1 aromatic rings. The van der Waals surface area contributed by atoms with Gasteiger partial charge in [0.2, 0.25) is 0 Å². The molecule has 0 heterocycles. The molecule has 6 heteroatoms. The maximum atomic E-state index is 13.4. The summed E-state index contributed by atoms with van der Waals surface area (Å²) in [6, 6.07) is 4.21. The number of oxime groups is 1. The van der Waals surface area contributed by atoms with Gasteiger partial charge < -0.3 is 21.4 Å². The van der Waals surface area contributed by atoms with E-state index in [1.807, 2.05) is 6.92 Å². The average molecular weight is 283 g/mol. The van der Waals surface area contributed by atoms with E-state index in [1.54, 1.807) is 13.0 Å². The first-order valence-corrected chi connectivity index (χ1v) is 6.58. The fraction of sp³-hybridized carbons (Fsp3) is 0.500. The zero-order valence-electron chi connectivity index (χ0n) is 11.9. The summed E-state index contributed by atoms with van der Waals surface area (Å²) >= 11 is 0. The van der Waals surface area contributed by atoms with Crippen LogP contribution in [0.1, 0.15) is 37.8 Å². The van der Waals surface area contributed by atoms with Gasteiger partial charge in [-0.25, -0.2) is 4.39 Å². The summed E-state index contributed by atoms with van der Waals surface area (Å²) in [7, 11) is 0. The van der Waals surface area contributed by atoms with Crippen molar-refractivity contribution in [1.82, 2.24) is 5.32 Å². The van der Waals surface area contributed by atoms with Crippen LogP contribution in [0.25, 0.3) is 0 Å². The number of amidine groups is 1. The average Bonchev–Trinajstić information content (AvgIpc) is 2.36. The Kier molecular flexibility index (Phi) is 5.91. The summed E-state index contributed by atoms with van der Waals surface area (Å²) < 4.78 is 13.4. The smallest absolute Gasteiger partial charge is 0.170 e. The molecule has 5 N–H and O–H groups in total. The van der Waals surface area contributed by atoms with E-state index in [2.05, 4.69) is 10.5 Å². The highest BCUT2D eigenvalue weighted by atomic mass is 19.1. The zero-order chi connectivity index (χ0) is 15.2. The molecule has 0 bridgehead atoms. The van der Waals surface area contributed by atoms with E-state index in [-0.39, 0.29) is 5.84 Å². The molecule has 1 unspecified atom stereocenters. The van der Waals surface area contributed by atoms with Crippen molar-refractivity contribution < 1.29 is 14.7 Å². The van der Waals surface area contributed by atoms with Gasteiger partial charge in [0.05, 0.1) is 5.60 Å². The van der Waals surface area contributed by atoms with Crippen molar-refractivity contribution in [2.45, 2.75) is 38.8 Å². The molecule has 0 saturated carbocycles. The number of nitrogens with two attached hydrogens (primary N) is 1. The van der Waals surface area contributed by atoms with E-state index in [0.29, 0.717) is 30.6 Å². The molecule has 0 aliphatic carbocycles. The predicted molar refractivity (Wildman–Crippen MR) is 76.1 cm³/mol. The molecule has 0 amide bonds. The molecule has 0 aliphatic heterocycles. The molecule has 1 aromatic carbocycles. The summed E-state index contributed by atoms with van der Waals surface area (Å²) in [6.45, 7) is 4.57. The second-order valence-electron chi connectivity index (χ2n) is 5.18. The van der Waals surface area contributed by atoms with Gasteiger partial charge in [0, 0.05) is 18.7 Å². The Morgan fingerprint density at radius 2 is 2.15 bits per heavy atom. The first kappa shape index (κ1) is 16.4. The number of aliphatic hydroxyl groups is 1. The van der Waals surface area contributed by atoms with Gasteiger partial charge in [0.15, 0.2) is 5.84 Å². The molecule has 0 aliphatic rings. The third kappa shape index (κ3) is 5.14. The first-order chi connectivity index (χ1) is 9.38. The second kappa shape index (κ2) is 7.21. The molecule has 20 heavy (non-hydrogen) atoms. The van der Waals surface area contributed by atoms with Crippen LogP contribution in [0.3, 0.4) is 0 Å². The Labute approximate surface area is 118 Å². The predicted octanol–water partition coefficient (Wildman–Crippen LogP) is 1.56. The van der Waals surface area contributed by atoms with Crippen LogP contribution < -0.4 is 11.1 Å². The molecule has 0 radical (unpaired) electrons. The fourth-order valence-corrected chi connectivity index (χ4v) is 2.06. The van der Waals surface area contributed by atoms with Crippen LogP contribution in [0, 0.1) is 5.82 Å². The van der Waals surface area contributed by atoms with Crippen LogP contribution in [-0.4, -0.2) is 28.3 Å². The monoisotopic (exact) mass is 283 g/mol. The van der Waals surface area contributed by atoms with Gasteiger partial charge in [0.1, 0.15) is 5.82 Å². The van der Waals surface area contributed by atoms with Gasteiger partial charge in [0.25, 0.3) is 0 Å². The van der Waals surface area contributed by atoms with Gasteiger partial charge >= 0.3 is 0 Å². The van der Waals surface area contributed by atoms with E-state index in [0.717, 1.165) is 6.42 Å². The molecule has 5 nitrogen and oxygen atoms in total. The van der Waals surface area contributed by atoms with Crippen molar-refractivity contribution in [3.8, 4) is 0 Å². The Morgan fingerprint density at radius 3 is 2.75 bits per heavy atom. The summed E-state index contributed by atoms with van der Waals surface area (Å²) in [4.78, 5) is 0. The van der Waals surface area contributed by atoms with Crippen LogP contribution in [-0.2, 0) is 6.54 Å². The lowest BCUT2D eigenvalue weighted by atomic mass is 10.0.